The summed E-state index contributed by atoms with van der Waals surface area (Å²) in [6, 6.07) is 8.60. The molecule has 1 aromatic heterocycles. The molecular formula is C13H16N2. The van der Waals surface area contributed by atoms with E-state index in [9.17, 15) is 0 Å². The average Bonchev–Trinajstić information content (AvgIpc) is 2.64. The zero-order valence-corrected chi connectivity index (χ0v) is 9.44. The van der Waals surface area contributed by atoms with E-state index in [1.54, 1.807) is 0 Å². The third-order valence-corrected chi connectivity index (χ3v) is 2.64. The van der Waals surface area contributed by atoms with Crippen molar-refractivity contribution in [3.8, 4) is 5.69 Å². The molecule has 0 fully saturated rings. The molecule has 1 aromatic carbocycles. The normalized spacial score (nSPS) is 10.9. The van der Waals surface area contributed by atoms with E-state index in [-0.39, 0.29) is 0 Å². The lowest BCUT2D eigenvalue weighted by atomic mass is 10.0. The molecule has 2 rings (SSSR count). The molecule has 0 radical (unpaired) electrons. The van der Waals surface area contributed by atoms with Gasteiger partial charge in [0.2, 0.25) is 0 Å². The second-order valence-electron chi connectivity index (χ2n) is 4.09. The number of rotatable bonds is 2. The highest BCUT2D eigenvalue weighted by molar-refractivity contribution is 5.38. The third kappa shape index (κ3) is 1.94. The first-order valence-corrected chi connectivity index (χ1v) is 5.29. The van der Waals surface area contributed by atoms with Crippen molar-refractivity contribution in [2.75, 3.05) is 0 Å². The standard InChI is InChI=1S/C13H16N2/c1-10(2)12-5-4-6-13(9-12)15-8-7-14-11(15)3/h4-10H,1-3H3. The average molecular weight is 200 g/mol. The van der Waals surface area contributed by atoms with Gasteiger partial charge in [0.05, 0.1) is 0 Å². The zero-order valence-electron chi connectivity index (χ0n) is 9.44. The van der Waals surface area contributed by atoms with Crippen LogP contribution in [0.4, 0.5) is 0 Å². The van der Waals surface area contributed by atoms with E-state index in [2.05, 4.69) is 47.7 Å². The van der Waals surface area contributed by atoms with Gasteiger partial charge in [-0.1, -0.05) is 26.0 Å². The highest BCUT2D eigenvalue weighted by Gasteiger charge is 2.03. The van der Waals surface area contributed by atoms with Crippen molar-refractivity contribution in [2.45, 2.75) is 26.7 Å². The largest absolute Gasteiger partial charge is 0.304 e. The Balaban J connectivity index is 2.46. The van der Waals surface area contributed by atoms with Crippen LogP contribution in [0.2, 0.25) is 0 Å². The fourth-order valence-corrected chi connectivity index (χ4v) is 1.68. The summed E-state index contributed by atoms with van der Waals surface area (Å²) in [5.74, 6) is 1.59. The molecule has 0 aliphatic rings. The lowest BCUT2D eigenvalue weighted by Gasteiger charge is -2.09. The number of imidazole rings is 1. The van der Waals surface area contributed by atoms with Crippen LogP contribution in [0.15, 0.2) is 36.7 Å². The molecule has 2 aromatic rings. The maximum Gasteiger partial charge on any atom is 0.110 e. The quantitative estimate of drug-likeness (QED) is 0.727. The van der Waals surface area contributed by atoms with Gasteiger partial charge in [0, 0.05) is 18.1 Å². The number of nitrogens with zero attached hydrogens (tertiary/aromatic N) is 2. The molecule has 0 amide bonds. The highest BCUT2D eigenvalue weighted by Crippen LogP contribution is 2.18. The van der Waals surface area contributed by atoms with E-state index in [0.717, 1.165) is 5.82 Å². The van der Waals surface area contributed by atoms with Gasteiger partial charge >= 0.3 is 0 Å². The number of aryl methyl sites for hydroxylation is 1. The molecule has 15 heavy (non-hydrogen) atoms. The number of hydrogen-bond acceptors (Lipinski definition) is 1. The second-order valence-corrected chi connectivity index (χ2v) is 4.09. The fraction of sp³-hybridized carbons (Fsp3) is 0.308. The molecule has 2 nitrogen and oxygen atoms in total. The fourth-order valence-electron chi connectivity index (χ4n) is 1.68. The first-order valence-electron chi connectivity index (χ1n) is 5.29. The molecule has 78 valence electrons. The van der Waals surface area contributed by atoms with Gasteiger partial charge in [-0.2, -0.15) is 0 Å². The number of hydrogen-bond donors (Lipinski definition) is 0. The van der Waals surface area contributed by atoms with Crippen LogP contribution in [-0.4, -0.2) is 9.55 Å². The Kier molecular flexibility index (Phi) is 2.58. The Bertz CT molecular complexity index is 455. The first kappa shape index (κ1) is 9.97. The van der Waals surface area contributed by atoms with Gasteiger partial charge in [0.15, 0.2) is 0 Å². The molecule has 0 saturated carbocycles. The summed E-state index contributed by atoms with van der Waals surface area (Å²) in [6.45, 7) is 6.43. The van der Waals surface area contributed by atoms with Gasteiger partial charge in [-0.25, -0.2) is 4.98 Å². The van der Waals surface area contributed by atoms with Crippen molar-refractivity contribution in [1.29, 1.82) is 0 Å². The summed E-state index contributed by atoms with van der Waals surface area (Å²) in [5.41, 5.74) is 2.55. The van der Waals surface area contributed by atoms with Crippen LogP contribution >= 0.6 is 0 Å². The summed E-state index contributed by atoms with van der Waals surface area (Å²) < 4.78 is 2.10. The summed E-state index contributed by atoms with van der Waals surface area (Å²) in [4.78, 5) is 4.23. The molecule has 0 N–H and O–H groups in total. The smallest absolute Gasteiger partial charge is 0.110 e. The lowest BCUT2D eigenvalue weighted by Crippen LogP contribution is -1.97. The van der Waals surface area contributed by atoms with E-state index >= 15 is 0 Å². The van der Waals surface area contributed by atoms with Crippen molar-refractivity contribution in [1.82, 2.24) is 9.55 Å². The summed E-state index contributed by atoms with van der Waals surface area (Å²) in [7, 11) is 0. The van der Waals surface area contributed by atoms with Gasteiger partial charge in [-0.15, -0.1) is 0 Å². The highest BCUT2D eigenvalue weighted by atomic mass is 15.1. The predicted molar refractivity (Wildman–Crippen MR) is 62.4 cm³/mol. The number of aromatic nitrogens is 2. The molecule has 0 unspecified atom stereocenters. The Morgan fingerprint density at radius 3 is 2.67 bits per heavy atom. The van der Waals surface area contributed by atoms with Crippen LogP contribution < -0.4 is 0 Å². The molecule has 0 saturated heterocycles. The van der Waals surface area contributed by atoms with Crippen molar-refractivity contribution < 1.29 is 0 Å². The maximum absolute atomic E-state index is 4.23. The maximum atomic E-state index is 4.23. The van der Waals surface area contributed by atoms with Crippen LogP contribution in [0.3, 0.4) is 0 Å². The molecule has 0 bridgehead atoms. The van der Waals surface area contributed by atoms with Gasteiger partial charge in [0.25, 0.3) is 0 Å². The summed E-state index contributed by atoms with van der Waals surface area (Å²) >= 11 is 0. The van der Waals surface area contributed by atoms with E-state index in [4.69, 9.17) is 0 Å². The Hall–Kier alpha value is -1.57. The molecular weight excluding hydrogens is 184 g/mol. The van der Waals surface area contributed by atoms with Crippen molar-refractivity contribution in [2.24, 2.45) is 0 Å². The minimum atomic E-state index is 0.564. The van der Waals surface area contributed by atoms with Gasteiger partial charge in [-0.3, -0.25) is 0 Å². The SMILES string of the molecule is Cc1nccn1-c1cccc(C(C)C)c1. The Morgan fingerprint density at radius 2 is 2.07 bits per heavy atom. The third-order valence-electron chi connectivity index (χ3n) is 2.64. The monoisotopic (exact) mass is 200 g/mol. The molecule has 1 heterocycles. The first-order chi connectivity index (χ1) is 7.18. The van der Waals surface area contributed by atoms with E-state index < -0.39 is 0 Å². The van der Waals surface area contributed by atoms with E-state index in [1.165, 1.54) is 11.3 Å². The van der Waals surface area contributed by atoms with Crippen LogP contribution in [0.25, 0.3) is 5.69 Å². The van der Waals surface area contributed by atoms with Gasteiger partial charge < -0.3 is 4.57 Å². The zero-order chi connectivity index (χ0) is 10.8. The number of benzene rings is 1. The van der Waals surface area contributed by atoms with Crippen LogP contribution in [0.1, 0.15) is 31.2 Å². The van der Waals surface area contributed by atoms with Gasteiger partial charge in [-0.05, 0) is 30.5 Å². The summed E-state index contributed by atoms with van der Waals surface area (Å²) in [6.07, 6.45) is 3.83. The molecule has 0 aliphatic carbocycles. The predicted octanol–water partition coefficient (Wildman–Crippen LogP) is 3.30. The van der Waals surface area contributed by atoms with Crippen LogP contribution in [-0.2, 0) is 0 Å². The molecule has 0 atom stereocenters. The lowest BCUT2D eigenvalue weighted by molar-refractivity contribution is 0.860. The van der Waals surface area contributed by atoms with Crippen LogP contribution in [0, 0.1) is 6.92 Å². The van der Waals surface area contributed by atoms with E-state index in [1.807, 2.05) is 19.3 Å². The minimum Gasteiger partial charge on any atom is -0.304 e. The Labute approximate surface area is 90.6 Å². The molecule has 2 heteroatoms. The van der Waals surface area contributed by atoms with Crippen molar-refractivity contribution in [3.05, 3.63) is 48.0 Å². The van der Waals surface area contributed by atoms with Crippen molar-refractivity contribution >= 4 is 0 Å². The topological polar surface area (TPSA) is 17.8 Å². The summed E-state index contributed by atoms with van der Waals surface area (Å²) in [5, 5.41) is 0. The second kappa shape index (κ2) is 3.89. The van der Waals surface area contributed by atoms with Crippen LogP contribution in [0.5, 0.6) is 0 Å². The molecule has 0 aliphatic heterocycles. The van der Waals surface area contributed by atoms with E-state index in [0.29, 0.717) is 5.92 Å². The Morgan fingerprint density at radius 1 is 1.27 bits per heavy atom. The minimum absolute atomic E-state index is 0.564. The van der Waals surface area contributed by atoms with Gasteiger partial charge in [0.1, 0.15) is 5.82 Å². The molecule has 0 spiro atoms. The van der Waals surface area contributed by atoms with Crippen molar-refractivity contribution in [3.63, 3.8) is 0 Å².